The Kier molecular flexibility index (Phi) is 11.3. The predicted molar refractivity (Wildman–Crippen MR) is 309 cm³/mol. The third-order valence-electron chi connectivity index (χ3n) is 14.7. The van der Waals surface area contributed by atoms with Crippen LogP contribution in [0.1, 0.15) is 33.4 Å². The molecule has 0 saturated heterocycles. The van der Waals surface area contributed by atoms with Gasteiger partial charge in [-0.05, 0) is 177 Å². The Morgan fingerprint density at radius 1 is 0.329 bits per heavy atom. The first-order valence-corrected chi connectivity index (χ1v) is 25.6. The summed E-state index contributed by atoms with van der Waals surface area (Å²) in [5, 5.41) is 4.55. The highest BCUT2D eigenvalue weighted by atomic mass is 16.5. The zero-order chi connectivity index (χ0) is 51.6. The number of benzene rings is 8. The number of fused-ring (bicyclic) bond motifs is 6. The van der Waals surface area contributed by atoms with Crippen molar-refractivity contribution in [2.24, 2.45) is 0 Å². The first-order chi connectivity index (χ1) is 37.1. The fourth-order valence-corrected chi connectivity index (χ4v) is 11.2. The lowest BCUT2D eigenvalue weighted by Crippen LogP contribution is -1.99. The van der Waals surface area contributed by atoms with Gasteiger partial charge in [0.2, 0.25) is 0 Å². The zero-order valence-electron chi connectivity index (χ0n) is 43.1. The van der Waals surface area contributed by atoms with Crippen LogP contribution in [0.4, 0.5) is 0 Å². The van der Waals surface area contributed by atoms with Crippen LogP contribution in [0.25, 0.3) is 100 Å². The number of aromatic nitrogens is 6. The van der Waals surface area contributed by atoms with Crippen LogP contribution in [0, 0.1) is 41.5 Å². The molecule has 0 unspecified atom stereocenters. The van der Waals surface area contributed by atoms with Crippen molar-refractivity contribution in [3.63, 3.8) is 0 Å². The monoisotopic (exact) mass is 984 g/mol. The number of aryl methyl sites for hydroxylation is 6. The summed E-state index contributed by atoms with van der Waals surface area (Å²) in [6.45, 7) is 13.0. The van der Waals surface area contributed by atoms with Gasteiger partial charge in [-0.2, -0.15) is 0 Å². The molecule has 0 N–H and O–H groups in total. The van der Waals surface area contributed by atoms with Crippen LogP contribution in [0.5, 0.6) is 23.0 Å². The van der Waals surface area contributed by atoms with E-state index in [1.165, 1.54) is 44.5 Å². The van der Waals surface area contributed by atoms with Crippen LogP contribution in [-0.4, -0.2) is 29.1 Å². The molecule has 76 heavy (non-hydrogen) atoms. The van der Waals surface area contributed by atoms with E-state index in [0.717, 1.165) is 88.9 Å². The molecule has 5 heterocycles. The van der Waals surface area contributed by atoms with E-state index in [0.29, 0.717) is 23.0 Å². The molecular formula is C68H52N6O2. The highest BCUT2D eigenvalue weighted by Gasteiger charge is 2.19. The third kappa shape index (κ3) is 8.30. The maximum Gasteiger partial charge on any atom is 0.138 e. The summed E-state index contributed by atoms with van der Waals surface area (Å²) >= 11 is 0. The van der Waals surface area contributed by atoms with Crippen LogP contribution in [0.2, 0.25) is 0 Å². The van der Waals surface area contributed by atoms with Gasteiger partial charge in [0.15, 0.2) is 0 Å². The van der Waals surface area contributed by atoms with Crippen LogP contribution < -0.4 is 9.47 Å². The molecule has 0 aliphatic carbocycles. The fourth-order valence-electron chi connectivity index (χ4n) is 11.2. The van der Waals surface area contributed by atoms with E-state index in [1.807, 2.05) is 85.5 Å². The Morgan fingerprint density at radius 2 is 0.803 bits per heavy atom. The van der Waals surface area contributed by atoms with E-state index < -0.39 is 0 Å². The van der Waals surface area contributed by atoms with E-state index in [2.05, 4.69) is 172 Å². The number of hydrogen-bond acceptors (Lipinski definition) is 6. The number of para-hydroxylation sites is 2. The minimum Gasteiger partial charge on any atom is -0.457 e. The molecule has 8 heteroatoms. The molecule has 5 aromatic heterocycles. The molecule has 0 fully saturated rings. The van der Waals surface area contributed by atoms with Gasteiger partial charge in [-0.15, -0.1) is 0 Å². The molecule has 13 rings (SSSR count). The molecule has 366 valence electrons. The molecule has 0 spiro atoms. The summed E-state index contributed by atoms with van der Waals surface area (Å²) in [4.78, 5) is 19.6. The molecule has 0 bridgehead atoms. The average molecular weight is 985 g/mol. The van der Waals surface area contributed by atoms with Crippen molar-refractivity contribution in [3.05, 3.63) is 240 Å². The zero-order valence-corrected chi connectivity index (χ0v) is 43.1. The minimum atomic E-state index is 0.691. The number of hydrogen-bond donors (Lipinski definition) is 0. The van der Waals surface area contributed by atoms with Gasteiger partial charge in [-0.25, -0.2) is 9.97 Å². The highest BCUT2D eigenvalue weighted by Crippen LogP contribution is 2.40. The molecule has 0 atom stereocenters. The first-order valence-electron chi connectivity index (χ1n) is 25.6. The normalized spacial score (nSPS) is 11.6. The van der Waals surface area contributed by atoms with Gasteiger partial charge in [0.25, 0.3) is 0 Å². The standard InChI is InChI=1S/C68H52N6O2/c1-41-29-45(5)68(46(6)30-41)50-26-28-70-67(36-50)74-63-20-10-8-18-56(63)58-24-22-54(38-65(58)74)76-52-16-12-14-49(34-52)61-40-71-60(39-72-61)48-13-11-15-51(33-48)75-53-21-23-57-55-17-7-9-19-62(55)73(64(57)37-53)66-35-47(25-27-69-66)59-32-43(3)42(2)31-44(59)4/h7-40H,1-6H3. The summed E-state index contributed by atoms with van der Waals surface area (Å²) < 4.78 is 17.7. The minimum absolute atomic E-state index is 0.691. The lowest BCUT2D eigenvalue weighted by molar-refractivity contribution is 0.483. The molecule has 13 aromatic rings. The Balaban J connectivity index is 0.761. The summed E-state index contributed by atoms with van der Waals surface area (Å²) in [7, 11) is 0. The third-order valence-corrected chi connectivity index (χ3v) is 14.7. The van der Waals surface area contributed by atoms with E-state index in [-0.39, 0.29) is 0 Å². The second kappa shape index (κ2) is 18.7. The number of pyridine rings is 2. The van der Waals surface area contributed by atoms with Crippen LogP contribution in [-0.2, 0) is 0 Å². The fraction of sp³-hybridized carbons (Fsp3) is 0.0882. The van der Waals surface area contributed by atoms with E-state index >= 15 is 0 Å². The Hall–Kier alpha value is -9.66. The lowest BCUT2D eigenvalue weighted by Gasteiger charge is -2.14. The molecular weight excluding hydrogens is 933 g/mol. The van der Waals surface area contributed by atoms with Crippen molar-refractivity contribution in [2.45, 2.75) is 41.5 Å². The average Bonchev–Trinajstić information content (AvgIpc) is 3.98. The molecule has 0 saturated carbocycles. The molecule has 8 aromatic carbocycles. The van der Waals surface area contributed by atoms with Crippen molar-refractivity contribution < 1.29 is 9.47 Å². The first kappa shape index (κ1) is 46.1. The topological polar surface area (TPSA) is 79.9 Å². The van der Waals surface area contributed by atoms with Crippen molar-refractivity contribution in [1.82, 2.24) is 29.1 Å². The van der Waals surface area contributed by atoms with Crippen molar-refractivity contribution in [1.29, 1.82) is 0 Å². The van der Waals surface area contributed by atoms with E-state index in [4.69, 9.17) is 29.4 Å². The summed E-state index contributed by atoms with van der Waals surface area (Å²) in [6.07, 6.45) is 7.43. The van der Waals surface area contributed by atoms with Crippen LogP contribution >= 0.6 is 0 Å². The van der Waals surface area contributed by atoms with Crippen molar-refractivity contribution in [2.75, 3.05) is 0 Å². The van der Waals surface area contributed by atoms with Crippen LogP contribution in [0.3, 0.4) is 0 Å². The number of rotatable bonds is 10. The van der Waals surface area contributed by atoms with Gasteiger partial charge >= 0.3 is 0 Å². The Morgan fingerprint density at radius 3 is 1.34 bits per heavy atom. The van der Waals surface area contributed by atoms with Gasteiger partial charge in [-0.1, -0.05) is 90.5 Å². The summed E-state index contributed by atoms with van der Waals surface area (Å²) in [5.74, 6) is 4.51. The summed E-state index contributed by atoms with van der Waals surface area (Å²) in [6, 6.07) is 63.1. The molecule has 8 nitrogen and oxygen atoms in total. The maximum atomic E-state index is 6.63. The SMILES string of the molecule is Cc1cc(C)c(-c2ccnc(-n3c4ccccc4c4ccc(Oc5cccc(-c6cnc(-c7cccc(Oc8ccc9c%10ccccc%10n(-c%10cc(-c%11cc(C)c(C)cc%11C)ccn%10)c9c8)c7)cn6)c5)cc43)c2)c(C)c1. The number of nitrogens with zero attached hydrogens (tertiary/aromatic N) is 6. The quantitative estimate of drug-likeness (QED) is 0.136. The maximum absolute atomic E-state index is 6.63. The van der Waals surface area contributed by atoms with Gasteiger partial charge < -0.3 is 9.47 Å². The van der Waals surface area contributed by atoms with Gasteiger partial charge in [0.1, 0.15) is 34.6 Å². The number of ether oxygens (including phenoxy) is 2. The van der Waals surface area contributed by atoms with E-state index in [1.54, 1.807) is 0 Å². The molecule has 0 aliphatic heterocycles. The lowest BCUT2D eigenvalue weighted by atomic mass is 9.94. The molecule has 0 radical (unpaired) electrons. The molecule has 0 aliphatic rings. The van der Waals surface area contributed by atoms with Crippen LogP contribution in [0.15, 0.2) is 207 Å². The van der Waals surface area contributed by atoms with E-state index in [9.17, 15) is 0 Å². The van der Waals surface area contributed by atoms with Gasteiger partial charge in [0.05, 0.1) is 45.8 Å². The predicted octanol–water partition coefficient (Wildman–Crippen LogP) is 17.6. The van der Waals surface area contributed by atoms with Gasteiger partial charge in [0, 0.05) is 57.2 Å². The van der Waals surface area contributed by atoms with Crippen molar-refractivity contribution in [3.8, 4) is 79.4 Å². The molecule has 0 amide bonds. The summed E-state index contributed by atoms with van der Waals surface area (Å²) in [5.41, 5.74) is 19.7. The second-order valence-corrected chi connectivity index (χ2v) is 19.9. The smallest absolute Gasteiger partial charge is 0.138 e. The highest BCUT2D eigenvalue weighted by molar-refractivity contribution is 6.10. The Labute approximate surface area is 441 Å². The van der Waals surface area contributed by atoms with Crippen molar-refractivity contribution >= 4 is 43.6 Å². The van der Waals surface area contributed by atoms with Gasteiger partial charge in [-0.3, -0.25) is 19.1 Å². The Bertz CT molecular complexity index is 4410. The second-order valence-electron chi connectivity index (χ2n) is 19.9. The largest absolute Gasteiger partial charge is 0.457 e.